The number of ether oxygens (including phenoxy) is 2. The van der Waals surface area contributed by atoms with Crippen LogP contribution in [0, 0.1) is 0 Å². The van der Waals surface area contributed by atoms with Gasteiger partial charge in [-0.15, -0.1) is 0 Å². The number of primary amides is 1. The molecule has 2 aromatic heterocycles. The highest BCUT2D eigenvalue weighted by Crippen LogP contribution is 2.39. The van der Waals surface area contributed by atoms with E-state index in [-0.39, 0.29) is 6.41 Å². The van der Waals surface area contributed by atoms with Crippen LogP contribution in [-0.2, 0) is 17.9 Å². The van der Waals surface area contributed by atoms with Crippen molar-refractivity contribution in [1.29, 1.82) is 0 Å². The van der Waals surface area contributed by atoms with Crippen LogP contribution in [0.5, 0.6) is 11.5 Å². The number of hydrogen-bond donors (Lipinski definition) is 1. The monoisotopic (exact) mass is 585 g/mol. The molecule has 0 spiro atoms. The Morgan fingerprint density at radius 1 is 1.05 bits per heavy atom. The van der Waals surface area contributed by atoms with E-state index in [1.54, 1.807) is 13.4 Å². The van der Waals surface area contributed by atoms with Crippen LogP contribution in [0.3, 0.4) is 0 Å². The number of imidazole rings is 1. The minimum atomic E-state index is 0.250. The van der Waals surface area contributed by atoms with E-state index in [1.807, 2.05) is 41.1 Å². The van der Waals surface area contributed by atoms with Gasteiger partial charge < -0.3 is 24.7 Å². The van der Waals surface area contributed by atoms with Gasteiger partial charge in [0.15, 0.2) is 5.82 Å². The van der Waals surface area contributed by atoms with Crippen molar-refractivity contribution >= 4 is 34.7 Å². The molecule has 0 atom stereocenters. The Hall–Kier alpha value is -4.57. The van der Waals surface area contributed by atoms with Gasteiger partial charge in [0.2, 0.25) is 6.41 Å². The van der Waals surface area contributed by atoms with Crippen LogP contribution < -0.4 is 20.1 Å². The molecule has 0 aliphatic carbocycles. The van der Waals surface area contributed by atoms with Crippen LogP contribution in [0.4, 0.5) is 5.69 Å². The summed E-state index contributed by atoms with van der Waals surface area (Å²) < 4.78 is 15.5. The van der Waals surface area contributed by atoms with E-state index in [1.165, 1.54) is 18.5 Å². The number of methoxy groups -OCH3 is 1. The second-order valence-corrected chi connectivity index (χ2v) is 10.6. The Balaban J connectivity index is 0.00000101. The van der Waals surface area contributed by atoms with Gasteiger partial charge in [0, 0.05) is 42.5 Å². The summed E-state index contributed by atoms with van der Waals surface area (Å²) in [7, 11) is 1.66. The highest BCUT2D eigenvalue weighted by molar-refractivity contribution is 6.33. The third-order valence-corrected chi connectivity index (χ3v) is 7.87. The number of carbonyl (C=O) groups is 1. The molecule has 11 heteroatoms. The van der Waals surface area contributed by atoms with Gasteiger partial charge in [0.25, 0.3) is 0 Å². The fourth-order valence-electron chi connectivity index (χ4n) is 5.57. The Morgan fingerprint density at radius 3 is 2.57 bits per heavy atom. The largest absolute Gasteiger partial charge is 0.497 e. The highest BCUT2D eigenvalue weighted by Gasteiger charge is 2.23. The van der Waals surface area contributed by atoms with Crippen molar-refractivity contribution in [2.45, 2.75) is 32.4 Å². The number of benzene rings is 3. The molecule has 10 nitrogen and oxygen atoms in total. The summed E-state index contributed by atoms with van der Waals surface area (Å²) in [6, 6.07) is 18.3. The number of nitrogens with two attached hydrogens (primary N) is 1. The summed E-state index contributed by atoms with van der Waals surface area (Å²) in [6.45, 7) is 4.32. The number of rotatable bonds is 6. The zero-order valence-corrected chi connectivity index (χ0v) is 24.1. The van der Waals surface area contributed by atoms with Crippen LogP contribution in [-0.4, -0.2) is 57.5 Å². The summed E-state index contributed by atoms with van der Waals surface area (Å²) in [5, 5.41) is 5.27. The van der Waals surface area contributed by atoms with Crippen LogP contribution in [0.2, 0.25) is 5.02 Å². The molecule has 1 saturated heterocycles. The maximum Gasteiger partial charge on any atom is 0.204 e. The smallest absolute Gasteiger partial charge is 0.204 e. The molecule has 0 radical (unpaired) electrons. The van der Waals surface area contributed by atoms with Crippen LogP contribution in [0.1, 0.15) is 24.8 Å². The van der Waals surface area contributed by atoms with Gasteiger partial charge in [-0.05, 0) is 55.2 Å². The minimum absolute atomic E-state index is 0.250. The number of anilines is 1. The molecular formula is C31H32ClN7O3. The summed E-state index contributed by atoms with van der Waals surface area (Å²) in [6.07, 6.45) is 5.37. The molecule has 7 rings (SSSR count). The average Bonchev–Trinajstić information content (AvgIpc) is 3.74. The summed E-state index contributed by atoms with van der Waals surface area (Å²) >= 11 is 6.83. The fraction of sp³-hybridized carbons (Fsp3) is 0.290. The minimum Gasteiger partial charge on any atom is -0.497 e. The Bertz CT molecular complexity index is 1710. The number of aromatic nitrogens is 5. The van der Waals surface area contributed by atoms with E-state index in [4.69, 9.17) is 30.9 Å². The van der Waals surface area contributed by atoms with Gasteiger partial charge in [-0.3, -0.25) is 4.79 Å². The molecule has 1 amide bonds. The fourth-order valence-corrected chi connectivity index (χ4v) is 5.84. The third-order valence-electron chi connectivity index (χ3n) is 7.55. The lowest BCUT2D eigenvalue weighted by Crippen LogP contribution is -2.17. The normalized spacial score (nSPS) is 14.2. The molecule has 2 N–H and O–H groups in total. The predicted molar refractivity (Wildman–Crippen MR) is 163 cm³/mol. The average molecular weight is 586 g/mol. The number of amides is 1. The first-order valence-electron chi connectivity index (χ1n) is 14.0. The van der Waals surface area contributed by atoms with Crippen molar-refractivity contribution < 1.29 is 14.3 Å². The zero-order chi connectivity index (χ0) is 29.1. The van der Waals surface area contributed by atoms with E-state index in [2.05, 4.69) is 43.5 Å². The molecule has 0 saturated carbocycles. The van der Waals surface area contributed by atoms with Crippen LogP contribution >= 0.6 is 11.6 Å². The first kappa shape index (κ1) is 27.6. The molecule has 0 bridgehead atoms. The molecule has 2 aliphatic rings. The van der Waals surface area contributed by atoms with Gasteiger partial charge in [0.1, 0.15) is 29.2 Å². The summed E-state index contributed by atoms with van der Waals surface area (Å²) in [5.74, 6) is 3.25. The van der Waals surface area contributed by atoms with Crippen molar-refractivity contribution in [3.63, 3.8) is 0 Å². The molecule has 216 valence electrons. The molecule has 3 aromatic carbocycles. The second-order valence-electron chi connectivity index (χ2n) is 10.2. The standard InChI is InChI=1S/C30H29ClN6O2.CH3NO/c1-38-23-8-5-20(6-9-23)18-36-19-32-29(34-36)24-10-7-21(15-25(24)31)30-33-26-16-22(35-11-2-3-12-35)17-27-28(26)37(30)13-4-14-39-27;2-1-3/h5-10,15-17,19H,2-4,11-14,18H2,1H3;1H,(H2,2,3). The number of halogens is 1. The number of nitrogens with zero attached hydrogens (tertiary/aromatic N) is 6. The molecule has 2 aliphatic heterocycles. The lowest BCUT2D eigenvalue weighted by atomic mass is 10.1. The SMILES string of the molecule is COc1ccc(Cn2cnc(-c3ccc(-c4nc5cc(N6CCCC6)cc6c5n4CCCO6)cc3Cl)n2)cc1.NC=O. The topological polar surface area (TPSA) is 113 Å². The number of aryl methyl sites for hydroxylation is 1. The zero-order valence-electron chi connectivity index (χ0n) is 23.4. The summed E-state index contributed by atoms with van der Waals surface area (Å²) in [4.78, 5) is 20.6. The quantitative estimate of drug-likeness (QED) is 0.274. The van der Waals surface area contributed by atoms with Gasteiger partial charge >= 0.3 is 0 Å². The molecule has 5 aromatic rings. The molecular weight excluding hydrogens is 554 g/mol. The number of carbonyl (C=O) groups excluding carboxylic acids is 1. The summed E-state index contributed by atoms with van der Waals surface area (Å²) in [5.41, 5.74) is 10.3. The van der Waals surface area contributed by atoms with Gasteiger partial charge in [-0.2, -0.15) is 5.10 Å². The van der Waals surface area contributed by atoms with Crippen LogP contribution in [0.15, 0.2) is 60.9 Å². The number of hydrogen-bond acceptors (Lipinski definition) is 7. The van der Waals surface area contributed by atoms with E-state index in [0.717, 1.165) is 71.1 Å². The Labute approximate surface area is 248 Å². The Kier molecular flexibility index (Phi) is 7.96. The lowest BCUT2D eigenvalue weighted by molar-refractivity contribution is -0.106. The van der Waals surface area contributed by atoms with E-state index in [0.29, 0.717) is 24.0 Å². The molecule has 1 fully saturated rings. The lowest BCUT2D eigenvalue weighted by Gasteiger charge is -2.18. The van der Waals surface area contributed by atoms with Gasteiger partial charge in [0.05, 0.1) is 30.8 Å². The first-order chi connectivity index (χ1) is 20.6. The van der Waals surface area contributed by atoms with Gasteiger partial charge in [-0.1, -0.05) is 29.8 Å². The van der Waals surface area contributed by atoms with Crippen LogP contribution in [0.25, 0.3) is 33.8 Å². The van der Waals surface area contributed by atoms with E-state index < -0.39 is 0 Å². The van der Waals surface area contributed by atoms with E-state index in [9.17, 15) is 0 Å². The Morgan fingerprint density at radius 2 is 1.83 bits per heavy atom. The van der Waals surface area contributed by atoms with Crippen molar-refractivity contribution in [2.24, 2.45) is 5.73 Å². The van der Waals surface area contributed by atoms with Crippen molar-refractivity contribution in [1.82, 2.24) is 24.3 Å². The maximum absolute atomic E-state index is 8.58. The van der Waals surface area contributed by atoms with Crippen molar-refractivity contribution in [3.8, 4) is 34.3 Å². The highest BCUT2D eigenvalue weighted by atomic mass is 35.5. The first-order valence-corrected chi connectivity index (χ1v) is 14.4. The molecule has 42 heavy (non-hydrogen) atoms. The molecule has 4 heterocycles. The second kappa shape index (κ2) is 12.1. The van der Waals surface area contributed by atoms with Crippen molar-refractivity contribution in [2.75, 3.05) is 31.7 Å². The van der Waals surface area contributed by atoms with Crippen molar-refractivity contribution in [3.05, 3.63) is 71.5 Å². The van der Waals surface area contributed by atoms with E-state index >= 15 is 0 Å². The maximum atomic E-state index is 8.58. The third kappa shape index (κ3) is 5.49. The van der Waals surface area contributed by atoms with Gasteiger partial charge in [-0.25, -0.2) is 14.6 Å². The predicted octanol–water partition coefficient (Wildman–Crippen LogP) is 5.16. The molecule has 0 unspecified atom stereocenters.